The van der Waals surface area contributed by atoms with Crippen LogP contribution in [0.15, 0.2) is 24.3 Å². The number of hydrogen-bond acceptors (Lipinski definition) is 3. The van der Waals surface area contributed by atoms with Crippen LogP contribution in [0.4, 0.5) is 5.69 Å². The summed E-state index contributed by atoms with van der Waals surface area (Å²) in [6.07, 6.45) is 5.41. The SMILES string of the molecule is c1ccc(N2CCCC2)c(CNC2CCCSC2)c1. The van der Waals surface area contributed by atoms with Gasteiger partial charge in [0.2, 0.25) is 0 Å². The summed E-state index contributed by atoms with van der Waals surface area (Å²) in [7, 11) is 0. The minimum absolute atomic E-state index is 0.713. The lowest BCUT2D eigenvalue weighted by atomic mass is 10.1. The van der Waals surface area contributed by atoms with Crippen LogP contribution in [-0.4, -0.2) is 30.6 Å². The maximum Gasteiger partial charge on any atom is 0.0411 e. The Hall–Kier alpha value is -0.670. The van der Waals surface area contributed by atoms with Gasteiger partial charge in [-0.25, -0.2) is 0 Å². The van der Waals surface area contributed by atoms with Crippen LogP contribution < -0.4 is 10.2 Å². The number of hydrogen-bond donors (Lipinski definition) is 1. The van der Waals surface area contributed by atoms with Gasteiger partial charge < -0.3 is 10.2 Å². The average Bonchev–Trinajstić information content (AvgIpc) is 3.01. The van der Waals surface area contributed by atoms with Gasteiger partial charge in [-0.15, -0.1) is 0 Å². The van der Waals surface area contributed by atoms with Crippen molar-refractivity contribution in [3.63, 3.8) is 0 Å². The van der Waals surface area contributed by atoms with Crippen LogP contribution in [0.2, 0.25) is 0 Å². The van der Waals surface area contributed by atoms with Gasteiger partial charge in [-0.3, -0.25) is 0 Å². The van der Waals surface area contributed by atoms with E-state index in [1.54, 1.807) is 0 Å². The first-order valence-electron chi connectivity index (χ1n) is 7.57. The molecule has 1 atom stereocenters. The Morgan fingerprint density at radius 1 is 1.16 bits per heavy atom. The molecule has 3 rings (SSSR count). The van der Waals surface area contributed by atoms with Gasteiger partial charge in [-0.1, -0.05) is 18.2 Å². The highest BCUT2D eigenvalue weighted by Crippen LogP contribution is 2.25. The van der Waals surface area contributed by atoms with Crippen LogP contribution in [0.3, 0.4) is 0 Å². The van der Waals surface area contributed by atoms with Gasteiger partial charge in [0.05, 0.1) is 0 Å². The van der Waals surface area contributed by atoms with Crippen LogP contribution in [-0.2, 0) is 6.54 Å². The molecule has 19 heavy (non-hydrogen) atoms. The van der Waals surface area contributed by atoms with Gasteiger partial charge in [-0.2, -0.15) is 11.8 Å². The summed E-state index contributed by atoms with van der Waals surface area (Å²) in [6, 6.07) is 9.64. The van der Waals surface area contributed by atoms with Crippen molar-refractivity contribution >= 4 is 17.4 Å². The normalized spacial score (nSPS) is 23.8. The molecule has 0 saturated carbocycles. The quantitative estimate of drug-likeness (QED) is 0.908. The number of nitrogens with one attached hydrogen (secondary N) is 1. The second-order valence-electron chi connectivity index (χ2n) is 5.62. The maximum atomic E-state index is 3.75. The highest BCUT2D eigenvalue weighted by atomic mass is 32.2. The van der Waals surface area contributed by atoms with Crippen molar-refractivity contribution in [1.82, 2.24) is 5.32 Å². The molecule has 1 N–H and O–H groups in total. The predicted octanol–water partition coefficient (Wildman–Crippen LogP) is 3.27. The molecule has 2 heterocycles. The highest BCUT2D eigenvalue weighted by molar-refractivity contribution is 7.99. The van der Waals surface area contributed by atoms with E-state index in [-0.39, 0.29) is 0 Å². The minimum atomic E-state index is 0.713. The summed E-state index contributed by atoms with van der Waals surface area (Å²) in [4.78, 5) is 2.55. The Labute approximate surface area is 121 Å². The fourth-order valence-electron chi connectivity index (χ4n) is 3.08. The van der Waals surface area contributed by atoms with E-state index in [9.17, 15) is 0 Å². The van der Waals surface area contributed by atoms with E-state index in [1.807, 2.05) is 0 Å². The van der Waals surface area contributed by atoms with E-state index in [4.69, 9.17) is 0 Å². The largest absolute Gasteiger partial charge is 0.371 e. The number of anilines is 1. The van der Waals surface area contributed by atoms with Crippen LogP contribution in [0.1, 0.15) is 31.2 Å². The van der Waals surface area contributed by atoms with Crippen LogP contribution in [0.5, 0.6) is 0 Å². The number of para-hydroxylation sites is 1. The van der Waals surface area contributed by atoms with E-state index < -0.39 is 0 Å². The Morgan fingerprint density at radius 2 is 2.00 bits per heavy atom. The molecule has 2 nitrogen and oxygen atoms in total. The Bertz CT molecular complexity index is 395. The van der Waals surface area contributed by atoms with Crippen molar-refractivity contribution in [3.05, 3.63) is 29.8 Å². The van der Waals surface area contributed by atoms with Crippen LogP contribution in [0.25, 0.3) is 0 Å². The zero-order valence-electron chi connectivity index (χ0n) is 11.6. The van der Waals surface area contributed by atoms with Crippen molar-refractivity contribution in [2.24, 2.45) is 0 Å². The van der Waals surface area contributed by atoms with Gasteiger partial charge in [0.1, 0.15) is 0 Å². The van der Waals surface area contributed by atoms with E-state index in [1.165, 1.54) is 61.5 Å². The van der Waals surface area contributed by atoms with Gasteiger partial charge in [0, 0.05) is 37.1 Å². The molecule has 2 aliphatic rings. The molecule has 0 bridgehead atoms. The number of benzene rings is 1. The molecule has 2 saturated heterocycles. The number of nitrogens with zero attached hydrogens (tertiary/aromatic N) is 1. The van der Waals surface area contributed by atoms with Crippen molar-refractivity contribution in [1.29, 1.82) is 0 Å². The number of rotatable bonds is 4. The molecule has 1 aromatic rings. The molecule has 0 spiro atoms. The van der Waals surface area contributed by atoms with Crippen LogP contribution >= 0.6 is 11.8 Å². The van der Waals surface area contributed by atoms with Crippen LogP contribution in [0, 0.1) is 0 Å². The van der Waals surface area contributed by atoms with E-state index >= 15 is 0 Å². The zero-order chi connectivity index (χ0) is 12.9. The summed E-state index contributed by atoms with van der Waals surface area (Å²) in [6.45, 7) is 3.49. The lowest BCUT2D eigenvalue weighted by Gasteiger charge is -2.25. The summed E-state index contributed by atoms with van der Waals surface area (Å²) in [5.74, 6) is 2.63. The van der Waals surface area contributed by atoms with Gasteiger partial charge in [-0.05, 0) is 43.1 Å². The molecule has 0 radical (unpaired) electrons. The molecule has 2 aliphatic heterocycles. The molecule has 2 fully saturated rings. The monoisotopic (exact) mass is 276 g/mol. The second-order valence-corrected chi connectivity index (χ2v) is 6.77. The molecule has 104 valence electrons. The third kappa shape index (κ3) is 3.46. The first-order chi connectivity index (χ1) is 9.43. The molecule has 0 aromatic heterocycles. The predicted molar refractivity (Wildman–Crippen MR) is 85.1 cm³/mol. The third-order valence-corrected chi connectivity index (χ3v) is 5.40. The molecular formula is C16H24N2S. The Balaban J connectivity index is 1.62. The first kappa shape index (κ1) is 13.3. The summed E-state index contributed by atoms with van der Waals surface area (Å²) in [5, 5.41) is 3.75. The van der Waals surface area contributed by atoms with Gasteiger partial charge >= 0.3 is 0 Å². The molecular weight excluding hydrogens is 252 g/mol. The standard InChI is InChI=1S/C16H24N2S/c1-2-8-16(18-9-3-4-10-18)14(6-1)12-17-15-7-5-11-19-13-15/h1-2,6,8,15,17H,3-5,7,9-13H2. The average molecular weight is 276 g/mol. The lowest BCUT2D eigenvalue weighted by Crippen LogP contribution is -2.33. The van der Waals surface area contributed by atoms with Gasteiger partial charge in [0.25, 0.3) is 0 Å². The van der Waals surface area contributed by atoms with Crippen molar-refractivity contribution in [2.45, 2.75) is 38.3 Å². The smallest absolute Gasteiger partial charge is 0.0411 e. The summed E-state index contributed by atoms with van der Waals surface area (Å²) >= 11 is 2.09. The molecule has 3 heteroatoms. The second kappa shape index (κ2) is 6.67. The Morgan fingerprint density at radius 3 is 2.79 bits per heavy atom. The summed E-state index contributed by atoms with van der Waals surface area (Å²) in [5.41, 5.74) is 2.93. The molecule has 1 unspecified atom stereocenters. The maximum absolute atomic E-state index is 3.75. The van der Waals surface area contributed by atoms with E-state index in [0.29, 0.717) is 6.04 Å². The third-order valence-electron chi connectivity index (χ3n) is 4.18. The van der Waals surface area contributed by atoms with E-state index in [0.717, 1.165) is 6.54 Å². The van der Waals surface area contributed by atoms with Gasteiger partial charge in [0.15, 0.2) is 0 Å². The van der Waals surface area contributed by atoms with Crippen molar-refractivity contribution in [3.8, 4) is 0 Å². The lowest BCUT2D eigenvalue weighted by molar-refractivity contribution is 0.507. The fourth-order valence-corrected chi connectivity index (χ4v) is 4.19. The fraction of sp³-hybridized carbons (Fsp3) is 0.625. The minimum Gasteiger partial charge on any atom is -0.371 e. The van der Waals surface area contributed by atoms with Crippen molar-refractivity contribution in [2.75, 3.05) is 29.5 Å². The zero-order valence-corrected chi connectivity index (χ0v) is 12.4. The Kier molecular flexibility index (Phi) is 4.67. The molecule has 0 amide bonds. The first-order valence-corrected chi connectivity index (χ1v) is 8.73. The van der Waals surface area contributed by atoms with E-state index in [2.05, 4.69) is 46.2 Å². The molecule has 0 aliphatic carbocycles. The molecule has 1 aromatic carbocycles. The van der Waals surface area contributed by atoms with Crippen molar-refractivity contribution < 1.29 is 0 Å². The summed E-state index contributed by atoms with van der Waals surface area (Å²) < 4.78 is 0. The number of thioether (sulfide) groups is 1. The highest BCUT2D eigenvalue weighted by Gasteiger charge is 2.17. The topological polar surface area (TPSA) is 15.3 Å².